The van der Waals surface area contributed by atoms with Crippen LogP contribution in [0.2, 0.25) is 0 Å². The molecule has 3 amide bonds. The molecule has 2 heterocycles. The molecule has 0 bridgehead atoms. The second-order valence-corrected chi connectivity index (χ2v) is 6.37. The number of hydrogen-bond donors (Lipinski definition) is 3. The van der Waals surface area contributed by atoms with Crippen molar-refractivity contribution in [2.45, 2.75) is 12.8 Å². The third-order valence-corrected chi connectivity index (χ3v) is 4.54. The molecule has 0 radical (unpaired) electrons. The van der Waals surface area contributed by atoms with E-state index in [9.17, 15) is 14.4 Å². The molecular weight excluding hydrogens is 344 g/mol. The van der Waals surface area contributed by atoms with Gasteiger partial charge in [0.2, 0.25) is 11.8 Å². The van der Waals surface area contributed by atoms with Gasteiger partial charge in [-0.1, -0.05) is 30.3 Å². The number of amides is 3. The molecule has 3 N–H and O–H groups in total. The van der Waals surface area contributed by atoms with Crippen molar-refractivity contribution in [3.63, 3.8) is 0 Å². The van der Waals surface area contributed by atoms with Crippen LogP contribution in [0.5, 0.6) is 0 Å². The molecule has 0 atom stereocenters. The third kappa shape index (κ3) is 5.07. The number of hydrazine groups is 1. The lowest BCUT2D eigenvalue weighted by atomic mass is 9.96. The Morgan fingerprint density at radius 1 is 1.00 bits per heavy atom. The zero-order valence-electron chi connectivity index (χ0n) is 14.9. The fourth-order valence-corrected chi connectivity index (χ4v) is 2.96. The average Bonchev–Trinajstić information content (AvgIpc) is 3.26. The quantitative estimate of drug-likeness (QED) is 0.568. The Balaban J connectivity index is 1.42. The van der Waals surface area contributed by atoms with Crippen molar-refractivity contribution in [3.8, 4) is 0 Å². The first kappa shape index (κ1) is 18.4. The van der Waals surface area contributed by atoms with Crippen LogP contribution in [0.1, 0.15) is 28.9 Å². The average molecular weight is 366 g/mol. The standard InChI is InChI=1S/C20H22N4O3/c25-18(9-8-15-5-2-1-3-6-15)24-13-10-16(11-14-24)19(26)22-23-20(27)17-7-4-12-21-17/h1-9,12,16,21H,10-11,13-14H2,(H,22,26)(H,23,27)/b9-8+. The van der Waals surface area contributed by atoms with Gasteiger partial charge in [-0.3, -0.25) is 25.2 Å². The number of hydrogen-bond acceptors (Lipinski definition) is 3. The monoisotopic (exact) mass is 366 g/mol. The van der Waals surface area contributed by atoms with Crippen LogP contribution in [-0.2, 0) is 9.59 Å². The number of carbonyl (C=O) groups is 3. The van der Waals surface area contributed by atoms with Gasteiger partial charge in [-0.15, -0.1) is 0 Å². The molecule has 1 aliphatic rings. The van der Waals surface area contributed by atoms with Crippen LogP contribution < -0.4 is 10.9 Å². The summed E-state index contributed by atoms with van der Waals surface area (Å²) < 4.78 is 0. The number of rotatable bonds is 4. The van der Waals surface area contributed by atoms with Crippen LogP contribution >= 0.6 is 0 Å². The lowest BCUT2D eigenvalue weighted by Crippen LogP contribution is -2.48. The van der Waals surface area contributed by atoms with Crippen molar-refractivity contribution in [3.05, 3.63) is 66.0 Å². The molecular formula is C20H22N4O3. The van der Waals surface area contributed by atoms with E-state index in [0.717, 1.165) is 5.56 Å². The molecule has 1 aromatic carbocycles. The summed E-state index contributed by atoms with van der Waals surface area (Å²) >= 11 is 0. The minimum Gasteiger partial charge on any atom is -0.357 e. The first-order chi connectivity index (χ1) is 13.1. The van der Waals surface area contributed by atoms with E-state index in [1.54, 1.807) is 35.4 Å². The summed E-state index contributed by atoms with van der Waals surface area (Å²) in [5.74, 6) is -0.914. The highest BCUT2D eigenvalue weighted by molar-refractivity contribution is 5.94. The molecule has 0 spiro atoms. The van der Waals surface area contributed by atoms with E-state index in [0.29, 0.717) is 31.6 Å². The number of aromatic nitrogens is 1. The first-order valence-electron chi connectivity index (χ1n) is 8.89. The van der Waals surface area contributed by atoms with Crippen molar-refractivity contribution in [1.82, 2.24) is 20.7 Å². The molecule has 7 heteroatoms. The summed E-state index contributed by atoms with van der Waals surface area (Å²) in [6, 6.07) is 13.0. The van der Waals surface area contributed by atoms with Crippen molar-refractivity contribution >= 4 is 23.8 Å². The van der Waals surface area contributed by atoms with E-state index in [4.69, 9.17) is 0 Å². The van der Waals surface area contributed by atoms with Crippen LogP contribution in [-0.4, -0.2) is 40.7 Å². The van der Waals surface area contributed by atoms with Crippen molar-refractivity contribution in [2.75, 3.05) is 13.1 Å². The van der Waals surface area contributed by atoms with E-state index < -0.39 is 5.91 Å². The fraction of sp³-hybridized carbons (Fsp3) is 0.250. The molecule has 1 aliphatic heterocycles. The van der Waals surface area contributed by atoms with E-state index in [1.165, 1.54) is 0 Å². The van der Waals surface area contributed by atoms with E-state index in [1.807, 2.05) is 30.3 Å². The predicted octanol–water partition coefficient (Wildman–Crippen LogP) is 1.73. The molecule has 1 aromatic heterocycles. The van der Waals surface area contributed by atoms with Crippen molar-refractivity contribution in [2.24, 2.45) is 5.92 Å². The Kier molecular flexibility index (Phi) is 6.04. The summed E-state index contributed by atoms with van der Waals surface area (Å²) in [6.07, 6.45) is 6.11. The minimum atomic E-state index is -0.396. The molecule has 1 saturated heterocycles. The molecule has 140 valence electrons. The molecule has 7 nitrogen and oxygen atoms in total. The van der Waals surface area contributed by atoms with Gasteiger partial charge in [-0.2, -0.15) is 0 Å². The van der Waals surface area contributed by atoms with Crippen molar-refractivity contribution < 1.29 is 14.4 Å². The maximum absolute atomic E-state index is 12.3. The van der Waals surface area contributed by atoms with E-state index >= 15 is 0 Å². The Morgan fingerprint density at radius 2 is 1.74 bits per heavy atom. The highest BCUT2D eigenvalue weighted by Gasteiger charge is 2.26. The molecule has 0 unspecified atom stereocenters. The topological polar surface area (TPSA) is 94.3 Å². The lowest BCUT2D eigenvalue weighted by Gasteiger charge is -2.30. The fourth-order valence-electron chi connectivity index (χ4n) is 2.96. The van der Waals surface area contributed by atoms with E-state index in [-0.39, 0.29) is 17.7 Å². The van der Waals surface area contributed by atoms with Gasteiger partial charge in [0.05, 0.1) is 0 Å². The summed E-state index contributed by atoms with van der Waals surface area (Å²) in [7, 11) is 0. The number of carbonyl (C=O) groups excluding carboxylic acids is 3. The Morgan fingerprint density at radius 3 is 2.41 bits per heavy atom. The maximum atomic E-state index is 12.3. The summed E-state index contributed by atoms with van der Waals surface area (Å²) in [5.41, 5.74) is 6.19. The summed E-state index contributed by atoms with van der Waals surface area (Å²) in [5, 5.41) is 0. The van der Waals surface area contributed by atoms with Gasteiger partial charge in [0.1, 0.15) is 5.69 Å². The van der Waals surface area contributed by atoms with Gasteiger partial charge < -0.3 is 9.88 Å². The second-order valence-electron chi connectivity index (χ2n) is 6.37. The highest BCUT2D eigenvalue weighted by atomic mass is 16.2. The SMILES string of the molecule is O=C(NNC(=O)C1CCN(C(=O)/C=C/c2ccccc2)CC1)c1ccc[nH]1. The number of likely N-dealkylation sites (tertiary alicyclic amines) is 1. The third-order valence-electron chi connectivity index (χ3n) is 4.54. The molecule has 1 fully saturated rings. The Labute approximate surface area is 157 Å². The van der Waals surface area contributed by atoms with Gasteiger partial charge in [0, 0.05) is 31.3 Å². The van der Waals surface area contributed by atoms with Gasteiger partial charge in [0.25, 0.3) is 5.91 Å². The van der Waals surface area contributed by atoms with Crippen LogP contribution in [0.4, 0.5) is 0 Å². The second kappa shape index (κ2) is 8.84. The minimum absolute atomic E-state index is 0.0576. The number of aromatic amines is 1. The number of piperidine rings is 1. The lowest BCUT2D eigenvalue weighted by molar-refractivity contribution is -0.132. The van der Waals surface area contributed by atoms with Crippen molar-refractivity contribution in [1.29, 1.82) is 0 Å². The molecule has 0 saturated carbocycles. The number of nitrogens with one attached hydrogen (secondary N) is 3. The number of nitrogens with zero attached hydrogens (tertiary/aromatic N) is 1. The molecule has 0 aliphatic carbocycles. The first-order valence-corrected chi connectivity index (χ1v) is 8.89. The van der Waals surface area contributed by atoms with Gasteiger partial charge >= 0.3 is 0 Å². The van der Waals surface area contributed by atoms with Crippen LogP contribution in [0, 0.1) is 5.92 Å². The number of benzene rings is 1. The van der Waals surface area contributed by atoms with Gasteiger partial charge in [-0.25, -0.2) is 0 Å². The summed E-state index contributed by atoms with van der Waals surface area (Å²) in [6.45, 7) is 1.03. The summed E-state index contributed by atoms with van der Waals surface area (Å²) in [4.78, 5) is 40.8. The van der Waals surface area contributed by atoms with E-state index in [2.05, 4.69) is 15.8 Å². The van der Waals surface area contributed by atoms with Crippen LogP contribution in [0.15, 0.2) is 54.7 Å². The molecule has 3 rings (SSSR count). The molecule has 2 aromatic rings. The smallest absolute Gasteiger partial charge is 0.286 e. The normalized spacial score (nSPS) is 14.9. The van der Waals surface area contributed by atoms with Crippen LogP contribution in [0.25, 0.3) is 6.08 Å². The number of H-pyrrole nitrogens is 1. The Bertz CT molecular complexity index is 807. The zero-order chi connectivity index (χ0) is 19.1. The molecule has 27 heavy (non-hydrogen) atoms. The van der Waals surface area contributed by atoms with Gasteiger partial charge in [0.15, 0.2) is 0 Å². The van der Waals surface area contributed by atoms with Gasteiger partial charge in [-0.05, 0) is 36.6 Å². The zero-order valence-corrected chi connectivity index (χ0v) is 14.9. The predicted molar refractivity (Wildman–Crippen MR) is 101 cm³/mol. The highest BCUT2D eigenvalue weighted by Crippen LogP contribution is 2.17. The maximum Gasteiger partial charge on any atom is 0.286 e. The largest absolute Gasteiger partial charge is 0.357 e. The Hall–Kier alpha value is -3.35. The van der Waals surface area contributed by atoms with Crippen LogP contribution in [0.3, 0.4) is 0 Å².